The Bertz CT molecular complexity index is 515. The molecule has 1 aromatic carbocycles. The van der Waals surface area contributed by atoms with E-state index < -0.39 is 5.79 Å². The van der Waals surface area contributed by atoms with Crippen LogP contribution in [0, 0.1) is 0 Å². The molecule has 4 heteroatoms. The summed E-state index contributed by atoms with van der Waals surface area (Å²) < 4.78 is 22.3. The van der Waals surface area contributed by atoms with E-state index in [4.69, 9.17) is 18.9 Å². The lowest BCUT2D eigenvalue weighted by atomic mass is 9.89. The van der Waals surface area contributed by atoms with Crippen molar-refractivity contribution in [1.29, 1.82) is 0 Å². The van der Waals surface area contributed by atoms with Crippen molar-refractivity contribution in [2.24, 2.45) is 0 Å². The maximum absolute atomic E-state index is 5.82. The number of methoxy groups -OCH3 is 2. The van der Waals surface area contributed by atoms with Crippen molar-refractivity contribution in [3.63, 3.8) is 0 Å². The van der Waals surface area contributed by atoms with Crippen LogP contribution in [0.4, 0.5) is 0 Å². The van der Waals surface area contributed by atoms with Gasteiger partial charge in [0.25, 0.3) is 0 Å². The maximum Gasteiger partial charge on any atom is 0.172 e. The lowest BCUT2D eigenvalue weighted by Crippen LogP contribution is -2.32. The molecule has 1 aromatic rings. The summed E-state index contributed by atoms with van der Waals surface area (Å²) in [6, 6.07) is 6.01. The number of hydrogen-bond donors (Lipinski definition) is 0. The topological polar surface area (TPSA) is 36.9 Å². The van der Waals surface area contributed by atoms with Gasteiger partial charge in [-0.1, -0.05) is 12.1 Å². The molecule has 0 N–H and O–H groups in total. The molecule has 0 amide bonds. The normalized spacial score (nSPS) is 20.8. The fraction of sp³-hybridized carbons (Fsp3) is 0.500. The quantitative estimate of drug-likeness (QED) is 0.850. The lowest BCUT2D eigenvalue weighted by molar-refractivity contribution is -0.158. The predicted octanol–water partition coefficient (Wildman–Crippen LogP) is 3.01. The number of benzene rings is 1. The fourth-order valence-electron chi connectivity index (χ4n) is 2.92. The van der Waals surface area contributed by atoms with E-state index in [1.165, 1.54) is 5.57 Å². The van der Waals surface area contributed by atoms with Crippen molar-refractivity contribution in [2.75, 3.05) is 27.4 Å². The van der Waals surface area contributed by atoms with Gasteiger partial charge in [0.2, 0.25) is 0 Å². The molecule has 0 radical (unpaired) electrons. The van der Waals surface area contributed by atoms with Gasteiger partial charge in [-0.2, -0.15) is 0 Å². The molecule has 1 aliphatic carbocycles. The summed E-state index contributed by atoms with van der Waals surface area (Å²) in [5, 5.41) is 0. The smallest absolute Gasteiger partial charge is 0.172 e. The van der Waals surface area contributed by atoms with Crippen molar-refractivity contribution in [1.82, 2.24) is 0 Å². The molecule has 0 unspecified atom stereocenters. The van der Waals surface area contributed by atoms with E-state index in [-0.39, 0.29) is 0 Å². The van der Waals surface area contributed by atoms with Gasteiger partial charge >= 0.3 is 0 Å². The van der Waals surface area contributed by atoms with Crippen LogP contribution >= 0.6 is 0 Å². The molecule has 0 bridgehead atoms. The number of hydrogen-bond acceptors (Lipinski definition) is 4. The summed E-state index contributed by atoms with van der Waals surface area (Å²) in [4.78, 5) is 0. The monoisotopic (exact) mass is 276 g/mol. The van der Waals surface area contributed by atoms with Crippen LogP contribution in [0.15, 0.2) is 24.3 Å². The third-order valence-electron chi connectivity index (χ3n) is 3.94. The van der Waals surface area contributed by atoms with Crippen LogP contribution in [0.5, 0.6) is 11.5 Å². The second-order valence-electron chi connectivity index (χ2n) is 5.12. The van der Waals surface area contributed by atoms with Gasteiger partial charge in [0.1, 0.15) is 0 Å². The number of rotatable bonds is 3. The van der Waals surface area contributed by atoms with Crippen LogP contribution in [0.25, 0.3) is 5.57 Å². The van der Waals surface area contributed by atoms with Gasteiger partial charge in [0.15, 0.2) is 17.3 Å². The Morgan fingerprint density at radius 3 is 2.50 bits per heavy atom. The third-order valence-corrected chi connectivity index (χ3v) is 3.94. The first-order chi connectivity index (χ1) is 9.76. The van der Waals surface area contributed by atoms with Gasteiger partial charge in [0, 0.05) is 12.8 Å². The molecule has 0 aromatic heterocycles. The van der Waals surface area contributed by atoms with E-state index >= 15 is 0 Å². The van der Waals surface area contributed by atoms with Crippen LogP contribution in [0.1, 0.15) is 24.8 Å². The predicted molar refractivity (Wildman–Crippen MR) is 76.0 cm³/mol. The molecular formula is C16H20O4. The summed E-state index contributed by atoms with van der Waals surface area (Å²) in [5.41, 5.74) is 2.39. The zero-order valence-corrected chi connectivity index (χ0v) is 12.0. The van der Waals surface area contributed by atoms with Crippen molar-refractivity contribution in [2.45, 2.75) is 25.0 Å². The molecule has 20 heavy (non-hydrogen) atoms. The Morgan fingerprint density at radius 2 is 1.80 bits per heavy atom. The first-order valence-electron chi connectivity index (χ1n) is 6.96. The van der Waals surface area contributed by atoms with Crippen molar-refractivity contribution in [3.05, 3.63) is 29.8 Å². The van der Waals surface area contributed by atoms with Gasteiger partial charge < -0.3 is 18.9 Å². The lowest BCUT2D eigenvalue weighted by Gasteiger charge is -2.31. The molecule has 4 nitrogen and oxygen atoms in total. The van der Waals surface area contributed by atoms with E-state index in [0.29, 0.717) is 13.2 Å². The first kappa shape index (κ1) is 13.5. The Hall–Kier alpha value is -1.52. The van der Waals surface area contributed by atoms with Crippen LogP contribution in [0.2, 0.25) is 0 Å². The summed E-state index contributed by atoms with van der Waals surface area (Å²) in [6.07, 6.45) is 4.97. The van der Waals surface area contributed by atoms with Gasteiger partial charge in [0.05, 0.1) is 27.4 Å². The maximum atomic E-state index is 5.82. The van der Waals surface area contributed by atoms with Crippen molar-refractivity contribution >= 4 is 5.57 Å². The van der Waals surface area contributed by atoms with Crippen molar-refractivity contribution in [3.8, 4) is 11.5 Å². The Morgan fingerprint density at radius 1 is 1.05 bits per heavy atom. The highest BCUT2D eigenvalue weighted by Gasteiger charge is 2.38. The Balaban J connectivity index is 1.87. The molecule has 0 saturated carbocycles. The molecule has 0 atom stereocenters. The van der Waals surface area contributed by atoms with E-state index in [1.54, 1.807) is 14.2 Å². The Labute approximate surface area is 119 Å². The summed E-state index contributed by atoms with van der Waals surface area (Å²) in [5.74, 6) is 1.09. The zero-order valence-electron chi connectivity index (χ0n) is 12.0. The molecule has 108 valence electrons. The van der Waals surface area contributed by atoms with Gasteiger partial charge in [-0.3, -0.25) is 0 Å². The van der Waals surface area contributed by atoms with Crippen LogP contribution in [-0.2, 0) is 9.47 Å². The Kier molecular flexibility index (Phi) is 3.68. The highest BCUT2D eigenvalue weighted by Crippen LogP contribution is 2.41. The summed E-state index contributed by atoms with van der Waals surface area (Å²) in [6.45, 7) is 1.39. The van der Waals surface area contributed by atoms with Crippen molar-refractivity contribution < 1.29 is 18.9 Å². The molecular weight excluding hydrogens is 256 g/mol. The zero-order chi connectivity index (χ0) is 14.0. The number of allylic oxidation sites excluding steroid dienone is 1. The minimum Gasteiger partial charge on any atom is -0.493 e. The molecule has 2 aliphatic rings. The second kappa shape index (κ2) is 5.46. The van der Waals surface area contributed by atoms with E-state index in [0.717, 1.165) is 36.3 Å². The minimum absolute atomic E-state index is 0.406. The highest BCUT2D eigenvalue weighted by atomic mass is 16.7. The molecule has 1 saturated heterocycles. The van der Waals surface area contributed by atoms with E-state index in [9.17, 15) is 0 Å². The molecule has 1 heterocycles. The fourth-order valence-corrected chi connectivity index (χ4v) is 2.92. The second-order valence-corrected chi connectivity index (χ2v) is 5.12. The highest BCUT2D eigenvalue weighted by molar-refractivity contribution is 5.69. The average Bonchev–Trinajstić information content (AvgIpc) is 2.94. The summed E-state index contributed by atoms with van der Waals surface area (Å²) >= 11 is 0. The minimum atomic E-state index is -0.406. The largest absolute Gasteiger partial charge is 0.493 e. The van der Waals surface area contributed by atoms with Gasteiger partial charge in [-0.15, -0.1) is 0 Å². The van der Waals surface area contributed by atoms with Crippen LogP contribution in [-0.4, -0.2) is 33.2 Å². The first-order valence-corrected chi connectivity index (χ1v) is 6.96. The SMILES string of the molecule is COc1ccc(C2=CCCC3(C2)OCCO3)cc1OC. The summed E-state index contributed by atoms with van der Waals surface area (Å²) in [7, 11) is 3.30. The standard InChI is InChI=1S/C16H20O4/c1-17-14-6-5-12(10-15(14)18-2)13-4-3-7-16(11-13)19-8-9-20-16/h4-6,10H,3,7-9,11H2,1-2H3. The average molecular weight is 276 g/mol. The van der Waals surface area contributed by atoms with Crippen LogP contribution < -0.4 is 9.47 Å². The molecule has 1 aliphatic heterocycles. The third kappa shape index (κ3) is 2.41. The van der Waals surface area contributed by atoms with Crippen LogP contribution in [0.3, 0.4) is 0 Å². The van der Waals surface area contributed by atoms with Gasteiger partial charge in [-0.05, 0) is 29.7 Å². The van der Waals surface area contributed by atoms with E-state index in [2.05, 4.69) is 12.1 Å². The molecule has 3 rings (SSSR count). The molecule has 1 fully saturated rings. The number of ether oxygens (including phenoxy) is 4. The molecule has 1 spiro atoms. The van der Waals surface area contributed by atoms with Gasteiger partial charge in [-0.25, -0.2) is 0 Å². The van der Waals surface area contributed by atoms with E-state index in [1.807, 2.05) is 12.1 Å².